The Morgan fingerprint density at radius 3 is 2.64 bits per heavy atom. The van der Waals surface area contributed by atoms with Crippen LogP contribution in [0.5, 0.6) is 5.75 Å². The maximum atomic E-state index is 13.8. The van der Waals surface area contributed by atoms with Crippen LogP contribution in [0.4, 0.5) is 0 Å². The average molecular weight is 605 g/mol. The van der Waals surface area contributed by atoms with E-state index in [1.54, 1.807) is 68.5 Å². The van der Waals surface area contributed by atoms with E-state index >= 15 is 0 Å². The second-order valence-corrected chi connectivity index (χ2v) is 10.6. The van der Waals surface area contributed by atoms with Gasteiger partial charge < -0.3 is 19.0 Å². The Kier molecular flexibility index (Phi) is 8.28. The summed E-state index contributed by atoms with van der Waals surface area (Å²) in [7, 11) is 0. The average Bonchev–Trinajstić information content (AvgIpc) is 3.55. The van der Waals surface area contributed by atoms with Crippen molar-refractivity contribution in [2.24, 2.45) is 4.99 Å². The smallest absolute Gasteiger partial charge is 0.338 e. The molecule has 4 aromatic rings. The summed E-state index contributed by atoms with van der Waals surface area (Å²) in [5, 5.41) is 9.51. The Bertz CT molecular complexity index is 1920. The minimum Gasteiger partial charge on any atom is -0.490 e. The van der Waals surface area contributed by atoms with Gasteiger partial charge in [-0.1, -0.05) is 47.7 Å². The Morgan fingerprint density at radius 1 is 1.19 bits per heavy atom. The molecule has 5 rings (SSSR count). The highest BCUT2D eigenvalue weighted by molar-refractivity contribution is 7.07. The zero-order valence-corrected chi connectivity index (χ0v) is 24.2. The molecule has 0 aliphatic carbocycles. The minimum atomic E-state index is -1.15. The Hall–Kier alpha value is -4.67. The lowest BCUT2D eigenvalue weighted by Gasteiger charge is -2.24. The van der Waals surface area contributed by atoms with Gasteiger partial charge in [0.05, 0.1) is 39.0 Å². The number of allylic oxidation sites excluding steroid dienone is 1. The zero-order valence-electron chi connectivity index (χ0n) is 22.6. The summed E-state index contributed by atoms with van der Waals surface area (Å²) in [5.41, 5.74) is 1.52. The van der Waals surface area contributed by atoms with Crippen LogP contribution in [-0.2, 0) is 9.53 Å². The Balaban J connectivity index is 1.59. The van der Waals surface area contributed by atoms with E-state index in [0.29, 0.717) is 50.0 Å². The molecule has 0 amide bonds. The molecule has 2 aromatic carbocycles. The van der Waals surface area contributed by atoms with Crippen LogP contribution >= 0.6 is 22.9 Å². The number of halogens is 1. The van der Waals surface area contributed by atoms with Gasteiger partial charge in [0.1, 0.15) is 23.9 Å². The van der Waals surface area contributed by atoms with Crippen molar-refractivity contribution in [2.75, 3.05) is 13.2 Å². The third-order valence-electron chi connectivity index (χ3n) is 6.46. The van der Waals surface area contributed by atoms with Crippen LogP contribution in [-0.4, -0.2) is 34.8 Å². The Labute approximate surface area is 248 Å². The maximum absolute atomic E-state index is 13.8. The number of fused-ring (bicyclic) bond motifs is 1. The molecule has 0 fully saturated rings. The Morgan fingerprint density at radius 2 is 1.95 bits per heavy atom. The first-order valence-electron chi connectivity index (χ1n) is 12.9. The number of carbonyl (C=O) groups is 2. The van der Waals surface area contributed by atoms with Crippen LogP contribution < -0.4 is 19.6 Å². The number of furan rings is 1. The van der Waals surface area contributed by atoms with E-state index in [9.17, 15) is 19.5 Å². The number of carboxylic acids is 1. The largest absolute Gasteiger partial charge is 0.490 e. The molecule has 0 saturated carbocycles. The number of hydrogen-bond acceptors (Lipinski definition) is 8. The lowest BCUT2D eigenvalue weighted by atomic mass is 9.96. The summed E-state index contributed by atoms with van der Waals surface area (Å²) in [6.45, 7) is 7.60. The summed E-state index contributed by atoms with van der Waals surface area (Å²) < 4.78 is 18.7. The molecule has 42 heavy (non-hydrogen) atoms. The number of carboxylic acid groups (broad SMARTS) is 1. The van der Waals surface area contributed by atoms with E-state index < -0.39 is 18.0 Å². The predicted octanol–water partition coefficient (Wildman–Crippen LogP) is 4.97. The van der Waals surface area contributed by atoms with E-state index in [1.165, 1.54) is 16.7 Å². The fourth-order valence-electron chi connectivity index (χ4n) is 4.57. The molecule has 1 aliphatic rings. The summed E-state index contributed by atoms with van der Waals surface area (Å²) in [5.74, 6) is -0.298. The van der Waals surface area contributed by atoms with Gasteiger partial charge in [-0.2, -0.15) is 0 Å². The van der Waals surface area contributed by atoms with Crippen LogP contribution in [0, 0.1) is 0 Å². The van der Waals surface area contributed by atoms with Crippen LogP contribution in [0.2, 0.25) is 5.02 Å². The topological polar surface area (TPSA) is 120 Å². The lowest BCUT2D eigenvalue weighted by molar-refractivity contribution is -0.139. The molecule has 1 N–H and O–H groups in total. The van der Waals surface area contributed by atoms with Gasteiger partial charge in [0, 0.05) is 11.6 Å². The first kappa shape index (κ1) is 28.8. The number of aromatic carboxylic acids is 1. The number of rotatable bonds is 9. The summed E-state index contributed by atoms with van der Waals surface area (Å²) in [6, 6.07) is 14.3. The fourth-order valence-corrected chi connectivity index (χ4v) is 5.79. The monoisotopic (exact) mass is 604 g/mol. The van der Waals surface area contributed by atoms with Gasteiger partial charge in [0.15, 0.2) is 4.80 Å². The molecule has 3 heterocycles. The zero-order chi connectivity index (χ0) is 30.0. The quantitative estimate of drug-likeness (QED) is 0.211. The molecule has 1 aliphatic heterocycles. The molecule has 2 aromatic heterocycles. The highest BCUT2D eigenvalue weighted by Gasteiger charge is 2.33. The first-order chi connectivity index (χ1) is 20.2. The van der Waals surface area contributed by atoms with Crippen molar-refractivity contribution in [3.8, 4) is 17.1 Å². The lowest BCUT2D eigenvalue weighted by Crippen LogP contribution is -2.39. The molecular weight excluding hydrogens is 580 g/mol. The van der Waals surface area contributed by atoms with Crippen molar-refractivity contribution in [1.82, 2.24) is 4.57 Å². The van der Waals surface area contributed by atoms with Crippen LogP contribution in [0.3, 0.4) is 0 Å². The number of carbonyl (C=O) groups excluding carboxylic acids is 1. The number of thiazole rings is 1. The van der Waals surface area contributed by atoms with Crippen LogP contribution in [0.15, 0.2) is 92.7 Å². The molecule has 214 valence electrons. The van der Waals surface area contributed by atoms with Crippen LogP contribution in [0.25, 0.3) is 17.4 Å². The van der Waals surface area contributed by atoms with Crippen molar-refractivity contribution in [1.29, 1.82) is 0 Å². The van der Waals surface area contributed by atoms with Crippen LogP contribution in [0.1, 0.15) is 41.6 Å². The number of aromatic nitrogens is 1. The van der Waals surface area contributed by atoms with Gasteiger partial charge >= 0.3 is 11.9 Å². The van der Waals surface area contributed by atoms with Crippen molar-refractivity contribution in [3.63, 3.8) is 0 Å². The number of nitrogens with zero attached hydrogens (tertiary/aromatic N) is 2. The predicted molar refractivity (Wildman–Crippen MR) is 159 cm³/mol. The summed E-state index contributed by atoms with van der Waals surface area (Å²) >= 11 is 7.16. The number of benzene rings is 2. The molecule has 1 atom stereocenters. The fraction of sp³-hybridized carbons (Fsp3) is 0.161. The van der Waals surface area contributed by atoms with Gasteiger partial charge in [-0.05, 0) is 61.9 Å². The number of hydrogen-bond donors (Lipinski definition) is 1. The highest BCUT2D eigenvalue weighted by Crippen LogP contribution is 2.32. The van der Waals surface area contributed by atoms with E-state index in [4.69, 9.17) is 25.5 Å². The molecular formula is C31H25ClN2O7S. The third kappa shape index (κ3) is 5.59. The summed E-state index contributed by atoms with van der Waals surface area (Å²) in [6.07, 6.45) is 3.23. The van der Waals surface area contributed by atoms with E-state index in [2.05, 4.69) is 11.6 Å². The SMILES string of the molecule is C=CCOc1ccc([C@H]2C(C(=O)OCC)=C(C)N=c3s/c(=C\c4ccc(-c5ccc(Cl)c(C(=O)O)c5)o4)c(=O)n32)cc1. The molecule has 0 saturated heterocycles. The first-order valence-corrected chi connectivity index (χ1v) is 14.1. The molecule has 0 radical (unpaired) electrons. The second-order valence-electron chi connectivity index (χ2n) is 9.17. The maximum Gasteiger partial charge on any atom is 0.338 e. The standard InChI is InChI=1S/C31H25ClN2O7S/c1-4-14-40-20-9-6-18(7-10-20)27-26(30(38)39-5-2)17(3)33-31-34(27)28(35)25(42-31)16-21-11-13-24(41-21)19-8-12-23(32)22(15-19)29(36)37/h4,6-13,15-16,27H,1,5,14H2,2-3H3,(H,36,37)/b25-16-/t27-/m0/s1. The molecule has 0 unspecified atom stereocenters. The third-order valence-corrected chi connectivity index (χ3v) is 7.77. The van der Waals surface area contributed by atoms with Gasteiger partial charge in [0.2, 0.25) is 0 Å². The molecule has 11 heteroatoms. The van der Waals surface area contributed by atoms with Crippen molar-refractivity contribution < 1.29 is 28.6 Å². The molecule has 0 spiro atoms. The number of ether oxygens (including phenoxy) is 2. The van der Waals surface area contributed by atoms with E-state index in [1.807, 2.05) is 0 Å². The van der Waals surface area contributed by atoms with Crippen molar-refractivity contribution in [3.05, 3.63) is 120 Å². The van der Waals surface area contributed by atoms with E-state index in [0.717, 1.165) is 11.3 Å². The van der Waals surface area contributed by atoms with Gasteiger partial charge in [-0.25, -0.2) is 14.6 Å². The number of esters is 1. The normalized spacial score (nSPS) is 14.7. The van der Waals surface area contributed by atoms with Gasteiger partial charge in [0.25, 0.3) is 5.56 Å². The second kappa shape index (κ2) is 12.1. The van der Waals surface area contributed by atoms with E-state index in [-0.39, 0.29) is 28.3 Å². The molecule has 0 bridgehead atoms. The van der Waals surface area contributed by atoms with Crippen molar-refractivity contribution in [2.45, 2.75) is 19.9 Å². The molecule has 9 nitrogen and oxygen atoms in total. The van der Waals surface area contributed by atoms with Gasteiger partial charge in [-0.15, -0.1) is 0 Å². The van der Waals surface area contributed by atoms with Gasteiger partial charge in [-0.3, -0.25) is 9.36 Å². The summed E-state index contributed by atoms with van der Waals surface area (Å²) in [4.78, 5) is 43.4. The van der Waals surface area contributed by atoms with Crippen molar-refractivity contribution >= 4 is 41.0 Å². The highest BCUT2D eigenvalue weighted by atomic mass is 35.5. The minimum absolute atomic E-state index is 0.0477.